The fourth-order valence-electron chi connectivity index (χ4n) is 4.49. The molecule has 9 nitrogen and oxygen atoms in total. The molecule has 51 heavy (non-hydrogen) atoms. The molecule has 0 aromatic heterocycles. The molecular weight excluding hydrogens is 665 g/mol. The highest BCUT2D eigenvalue weighted by atomic mass is 31.2. The fourth-order valence-corrected chi connectivity index (χ4v) is 5.23. The minimum Gasteiger partial charge on any atom is -0.462 e. The summed E-state index contributed by atoms with van der Waals surface area (Å²) in [5, 5.41) is 0. The third-order valence-electron chi connectivity index (χ3n) is 7.50. The summed E-state index contributed by atoms with van der Waals surface area (Å²) in [6.45, 7) is 4.12. The third kappa shape index (κ3) is 37.0. The molecular formula is C41H71NO8P+. The van der Waals surface area contributed by atoms with Gasteiger partial charge in [0.25, 0.3) is 0 Å². The number of carbonyl (C=O) groups excluding carboxylic acids is 2. The summed E-state index contributed by atoms with van der Waals surface area (Å²) in [7, 11) is 1.40. The molecule has 0 aromatic carbocycles. The second-order valence-electron chi connectivity index (χ2n) is 13.6. The quantitative estimate of drug-likeness (QED) is 0.0233. The number of unbranched alkanes of at least 4 members (excludes halogenated alkanes) is 8. The highest BCUT2D eigenvalue weighted by molar-refractivity contribution is 7.47. The van der Waals surface area contributed by atoms with Crippen molar-refractivity contribution >= 4 is 19.8 Å². The lowest BCUT2D eigenvalue weighted by molar-refractivity contribution is -0.870. The van der Waals surface area contributed by atoms with E-state index in [1.807, 2.05) is 33.3 Å². The summed E-state index contributed by atoms with van der Waals surface area (Å²) in [6.07, 6.45) is 39.8. The van der Waals surface area contributed by atoms with Gasteiger partial charge in [0.15, 0.2) is 6.10 Å². The van der Waals surface area contributed by atoms with Crippen molar-refractivity contribution in [1.29, 1.82) is 0 Å². The van der Waals surface area contributed by atoms with Crippen molar-refractivity contribution in [2.45, 2.75) is 129 Å². The standard InChI is InChI=1S/C41H70NO8P/c1-6-8-10-12-14-16-18-20-21-22-24-26-28-30-32-34-41(44)50-39(38-49-51(45,46)48-36-35-42(3,4)5)37-47-40(43)33-31-29-27-25-23-19-17-15-13-11-9-7-2/h8,10,14-17,20-21,24,26,30,32,39H,6-7,9,11-13,18-19,22-23,25,27-29,31,33-38H2,1-5H3/p+1/b10-8-,16-14-,17-15-,21-20-,26-24-,32-30-. The van der Waals surface area contributed by atoms with Crippen molar-refractivity contribution in [3.8, 4) is 0 Å². The number of hydrogen-bond donors (Lipinski definition) is 1. The zero-order valence-electron chi connectivity index (χ0n) is 32.6. The molecule has 2 unspecified atom stereocenters. The number of phosphoric ester groups is 1. The van der Waals surface area contributed by atoms with Crippen molar-refractivity contribution in [2.75, 3.05) is 47.5 Å². The summed E-state index contributed by atoms with van der Waals surface area (Å²) in [4.78, 5) is 35.1. The van der Waals surface area contributed by atoms with E-state index in [4.69, 9.17) is 18.5 Å². The van der Waals surface area contributed by atoms with Gasteiger partial charge in [0.1, 0.15) is 19.8 Å². The van der Waals surface area contributed by atoms with Crippen LogP contribution in [0.3, 0.4) is 0 Å². The minimum absolute atomic E-state index is 0.00338. The van der Waals surface area contributed by atoms with Gasteiger partial charge < -0.3 is 18.9 Å². The summed E-state index contributed by atoms with van der Waals surface area (Å²) < 4.78 is 34.0. The van der Waals surface area contributed by atoms with Crippen molar-refractivity contribution in [3.05, 3.63) is 72.9 Å². The van der Waals surface area contributed by atoms with Gasteiger partial charge in [-0.1, -0.05) is 119 Å². The molecule has 0 radical (unpaired) electrons. The van der Waals surface area contributed by atoms with Crippen molar-refractivity contribution in [2.24, 2.45) is 0 Å². The molecule has 292 valence electrons. The molecule has 0 aliphatic heterocycles. The van der Waals surface area contributed by atoms with Crippen LogP contribution in [-0.4, -0.2) is 74.9 Å². The first-order valence-corrected chi connectivity index (χ1v) is 20.7. The molecule has 0 fully saturated rings. The molecule has 0 spiro atoms. The predicted octanol–water partition coefficient (Wildman–Crippen LogP) is 10.3. The van der Waals surface area contributed by atoms with E-state index in [-0.39, 0.29) is 26.1 Å². The molecule has 0 bridgehead atoms. The van der Waals surface area contributed by atoms with E-state index in [1.54, 1.807) is 6.08 Å². The lowest BCUT2D eigenvalue weighted by Crippen LogP contribution is -2.37. The van der Waals surface area contributed by atoms with E-state index in [1.165, 1.54) is 19.3 Å². The molecule has 1 N–H and O–H groups in total. The number of esters is 2. The molecule has 2 atom stereocenters. The van der Waals surface area contributed by atoms with Crippen LogP contribution in [0.15, 0.2) is 72.9 Å². The number of nitrogens with zero attached hydrogens (tertiary/aromatic N) is 1. The molecule has 0 rings (SSSR count). The smallest absolute Gasteiger partial charge is 0.462 e. The zero-order valence-corrected chi connectivity index (χ0v) is 33.4. The van der Waals surface area contributed by atoms with E-state index in [2.05, 4.69) is 68.5 Å². The number of allylic oxidation sites excluding steroid dienone is 11. The second-order valence-corrected chi connectivity index (χ2v) is 15.0. The second kappa shape index (κ2) is 33.3. The fraction of sp³-hybridized carbons (Fsp3) is 0.659. The van der Waals surface area contributed by atoms with E-state index < -0.39 is 32.5 Å². The Bertz CT molecular complexity index is 1100. The number of carbonyl (C=O) groups is 2. The lowest BCUT2D eigenvalue weighted by atomic mass is 10.1. The highest BCUT2D eigenvalue weighted by Gasteiger charge is 2.26. The summed E-state index contributed by atoms with van der Waals surface area (Å²) >= 11 is 0. The SMILES string of the molecule is CC/C=C\C/C=C\C/C=C\C/C=C\C/C=C\CC(=O)OC(COC(=O)CCCCCCC/C=C\CCCCC)COP(=O)(O)OCC[N+](C)(C)C. The van der Waals surface area contributed by atoms with E-state index in [0.717, 1.165) is 64.2 Å². The van der Waals surface area contributed by atoms with Crippen LogP contribution in [0, 0.1) is 0 Å². The van der Waals surface area contributed by atoms with Gasteiger partial charge in [-0.05, 0) is 64.2 Å². The Morgan fingerprint density at radius 1 is 0.647 bits per heavy atom. The van der Waals surface area contributed by atoms with Gasteiger partial charge in [0.05, 0.1) is 34.2 Å². The van der Waals surface area contributed by atoms with Gasteiger partial charge in [-0.15, -0.1) is 0 Å². The number of quaternary nitrogens is 1. The molecule has 10 heteroatoms. The van der Waals surface area contributed by atoms with Gasteiger partial charge in [0.2, 0.25) is 0 Å². The Balaban J connectivity index is 4.63. The van der Waals surface area contributed by atoms with Crippen LogP contribution in [0.2, 0.25) is 0 Å². The Labute approximate surface area is 310 Å². The van der Waals surface area contributed by atoms with Crippen LogP contribution in [-0.2, 0) is 32.7 Å². The zero-order chi connectivity index (χ0) is 37.9. The van der Waals surface area contributed by atoms with Gasteiger partial charge in [-0.3, -0.25) is 18.6 Å². The Morgan fingerprint density at radius 2 is 1.18 bits per heavy atom. The van der Waals surface area contributed by atoms with Crippen molar-refractivity contribution in [3.63, 3.8) is 0 Å². The van der Waals surface area contributed by atoms with Crippen molar-refractivity contribution < 1.29 is 42.1 Å². The topological polar surface area (TPSA) is 108 Å². The van der Waals surface area contributed by atoms with Gasteiger partial charge in [0, 0.05) is 6.42 Å². The molecule has 0 heterocycles. The van der Waals surface area contributed by atoms with Crippen LogP contribution in [0.25, 0.3) is 0 Å². The number of likely N-dealkylation sites (N-methyl/N-ethyl adjacent to an activating group) is 1. The largest absolute Gasteiger partial charge is 0.472 e. The summed E-state index contributed by atoms with van der Waals surface area (Å²) in [6, 6.07) is 0. The average molecular weight is 737 g/mol. The van der Waals surface area contributed by atoms with E-state index in [0.29, 0.717) is 23.9 Å². The first-order chi connectivity index (χ1) is 24.5. The Morgan fingerprint density at radius 3 is 1.75 bits per heavy atom. The van der Waals surface area contributed by atoms with Crippen LogP contribution >= 0.6 is 7.82 Å². The molecule has 0 aliphatic rings. The first kappa shape index (κ1) is 48.5. The van der Waals surface area contributed by atoms with E-state index >= 15 is 0 Å². The predicted molar refractivity (Wildman–Crippen MR) is 210 cm³/mol. The molecule has 0 saturated heterocycles. The first-order valence-electron chi connectivity index (χ1n) is 19.2. The summed E-state index contributed by atoms with van der Waals surface area (Å²) in [5.74, 6) is -0.967. The van der Waals surface area contributed by atoms with Crippen LogP contribution in [0.5, 0.6) is 0 Å². The normalized spacial score (nSPS) is 14.5. The highest BCUT2D eigenvalue weighted by Crippen LogP contribution is 2.43. The molecule has 0 aliphatic carbocycles. The monoisotopic (exact) mass is 736 g/mol. The average Bonchev–Trinajstić information content (AvgIpc) is 3.07. The van der Waals surface area contributed by atoms with Crippen LogP contribution in [0.4, 0.5) is 0 Å². The maximum atomic E-state index is 12.6. The van der Waals surface area contributed by atoms with Crippen LogP contribution in [0.1, 0.15) is 123 Å². The van der Waals surface area contributed by atoms with Gasteiger partial charge in [-0.25, -0.2) is 4.57 Å². The van der Waals surface area contributed by atoms with Gasteiger partial charge in [-0.2, -0.15) is 0 Å². The minimum atomic E-state index is -4.40. The van der Waals surface area contributed by atoms with Gasteiger partial charge >= 0.3 is 19.8 Å². The number of hydrogen-bond acceptors (Lipinski definition) is 7. The van der Waals surface area contributed by atoms with E-state index in [9.17, 15) is 19.0 Å². The maximum absolute atomic E-state index is 12.6. The molecule has 0 amide bonds. The number of rotatable bonds is 33. The molecule has 0 aromatic rings. The molecule has 0 saturated carbocycles. The summed E-state index contributed by atoms with van der Waals surface area (Å²) in [5.41, 5.74) is 0. The maximum Gasteiger partial charge on any atom is 0.472 e. The van der Waals surface area contributed by atoms with Crippen molar-refractivity contribution in [1.82, 2.24) is 0 Å². The van der Waals surface area contributed by atoms with Crippen LogP contribution < -0.4 is 0 Å². The number of phosphoric acid groups is 1. The number of ether oxygens (including phenoxy) is 2. The third-order valence-corrected chi connectivity index (χ3v) is 8.49. The lowest BCUT2D eigenvalue weighted by Gasteiger charge is -2.24. The Hall–Kier alpha value is -2.55. The Kier molecular flexibility index (Phi) is 31.6.